The van der Waals surface area contributed by atoms with Gasteiger partial charge in [0.05, 0.1) is 12.4 Å². The minimum absolute atomic E-state index is 0.0832. The fourth-order valence-corrected chi connectivity index (χ4v) is 4.33. The lowest BCUT2D eigenvalue weighted by Crippen LogP contribution is -2.58. The Bertz CT molecular complexity index is 870. The van der Waals surface area contributed by atoms with Gasteiger partial charge in [-0.05, 0) is 31.6 Å². The standard InChI is InChI=1S/C20H27N7O4/c28-18(23-13-1-2-13)17-19(29)26(11-12-3-7-31-8-4-12)16-9-14(25-27(16)20(17)30)24-15-10-21-5-6-22-15/h5-6,10,12-14,16,25,29H,1-4,7-9,11H2,(H,22,24)(H,23,28). The Balaban J connectivity index is 1.39. The van der Waals surface area contributed by atoms with Gasteiger partial charge in [-0.15, -0.1) is 0 Å². The van der Waals surface area contributed by atoms with E-state index in [1.807, 2.05) is 0 Å². The summed E-state index contributed by atoms with van der Waals surface area (Å²) in [7, 11) is 0. The summed E-state index contributed by atoms with van der Waals surface area (Å²) < 4.78 is 5.46. The molecule has 11 nitrogen and oxygen atoms in total. The summed E-state index contributed by atoms with van der Waals surface area (Å²) in [6, 6.07) is 0.0832. The minimum Gasteiger partial charge on any atom is -0.494 e. The van der Waals surface area contributed by atoms with Crippen LogP contribution in [0, 0.1) is 5.92 Å². The van der Waals surface area contributed by atoms with Gasteiger partial charge in [-0.1, -0.05) is 0 Å². The molecule has 5 rings (SSSR count). The van der Waals surface area contributed by atoms with Gasteiger partial charge in [0.2, 0.25) is 5.88 Å². The van der Waals surface area contributed by atoms with E-state index in [1.54, 1.807) is 23.5 Å². The zero-order chi connectivity index (χ0) is 21.4. The molecule has 1 aliphatic carbocycles. The largest absolute Gasteiger partial charge is 0.494 e. The third-order valence-corrected chi connectivity index (χ3v) is 6.15. The quantitative estimate of drug-likeness (QED) is 0.464. The highest BCUT2D eigenvalue weighted by Gasteiger charge is 2.48. The fraction of sp³-hybridized carbons (Fsp3) is 0.600. The number of nitrogens with zero attached hydrogens (tertiary/aromatic N) is 4. The number of fused-ring (bicyclic) bond motifs is 1. The number of aromatic nitrogens is 2. The van der Waals surface area contributed by atoms with Crippen LogP contribution in [0.1, 0.15) is 32.1 Å². The topological polar surface area (TPSA) is 132 Å². The number of hydrogen-bond donors (Lipinski definition) is 4. The number of amides is 2. The van der Waals surface area contributed by atoms with Crippen LogP contribution < -0.4 is 16.1 Å². The summed E-state index contributed by atoms with van der Waals surface area (Å²) in [4.78, 5) is 36.0. The van der Waals surface area contributed by atoms with Crippen LogP contribution in [-0.2, 0) is 14.3 Å². The van der Waals surface area contributed by atoms with Gasteiger partial charge in [-0.3, -0.25) is 14.6 Å². The Morgan fingerprint density at radius 1 is 1.26 bits per heavy atom. The van der Waals surface area contributed by atoms with Crippen LogP contribution in [0.25, 0.3) is 0 Å². The van der Waals surface area contributed by atoms with E-state index >= 15 is 0 Å². The molecule has 3 fully saturated rings. The molecular weight excluding hydrogens is 402 g/mol. The van der Waals surface area contributed by atoms with Crippen LogP contribution in [0.3, 0.4) is 0 Å². The molecule has 3 aliphatic heterocycles. The molecular formula is C20H27N7O4. The summed E-state index contributed by atoms with van der Waals surface area (Å²) in [6.45, 7) is 1.91. The molecule has 1 aromatic rings. The molecule has 31 heavy (non-hydrogen) atoms. The summed E-state index contributed by atoms with van der Waals surface area (Å²) >= 11 is 0. The van der Waals surface area contributed by atoms with E-state index in [2.05, 4.69) is 26.0 Å². The predicted molar refractivity (Wildman–Crippen MR) is 109 cm³/mol. The average Bonchev–Trinajstić information content (AvgIpc) is 3.49. The minimum atomic E-state index is -0.521. The molecule has 11 heteroatoms. The predicted octanol–water partition coefficient (Wildman–Crippen LogP) is 0.0680. The molecule has 4 N–H and O–H groups in total. The number of anilines is 1. The van der Waals surface area contributed by atoms with Crippen molar-refractivity contribution < 1.29 is 19.4 Å². The molecule has 0 spiro atoms. The second-order valence-electron chi connectivity index (χ2n) is 8.46. The van der Waals surface area contributed by atoms with Crippen molar-refractivity contribution in [2.45, 2.75) is 50.5 Å². The van der Waals surface area contributed by atoms with Gasteiger partial charge in [0, 0.05) is 44.6 Å². The van der Waals surface area contributed by atoms with Gasteiger partial charge < -0.3 is 25.4 Å². The first-order valence-corrected chi connectivity index (χ1v) is 10.8. The molecule has 4 heterocycles. The van der Waals surface area contributed by atoms with E-state index in [0.717, 1.165) is 25.7 Å². The second kappa shape index (κ2) is 8.31. The molecule has 0 aromatic carbocycles. The van der Waals surface area contributed by atoms with Crippen molar-refractivity contribution in [2.75, 3.05) is 25.1 Å². The molecule has 1 aromatic heterocycles. The van der Waals surface area contributed by atoms with Gasteiger partial charge in [-0.25, -0.2) is 15.4 Å². The molecule has 4 aliphatic rings. The van der Waals surface area contributed by atoms with Crippen molar-refractivity contribution in [3.05, 3.63) is 30.0 Å². The number of carbonyl (C=O) groups is 2. The van der Waals surface area contributed by atoms with Crippen molar-refractivity contribution in [2.24, 2.45) is 5.92 Å². The van der Waals surface area contributed by atoms with Crippen molar-refractivity contribution in [3.8, 4) is 0 Å². The normalized spacial score (nSPS) is 26.8. The number of hydrogen-bond acceptors (Lipinski definition) is 9. The second-order valence-corrected chi connectivity index (χ2v) is 8.46. The molecule has 2 atom stereocenters. The first-order valence-electron chi connectivity index (χ1n) is 10.8. The third kappa shape index (κ3) is 4.15. The Hall–Kier alpha value is -2.92. The van der Waals surface area contributed by atoms with E-state index in [0.29, 0.717) is 37.9 Å². The lowest BCUT2D eigenvalue weighted by molar-refractivity contribution is -0.141. The average molecular weight is 429 g/mol. The zero-order valence-corrected chi connectivity index (χ0v) is 17.2. The zero-order valence-electron chi connectivity index (χ0n) is 17.2. The SMILES string of the molecule is O=C(NC1CC1)C1=C(O)N(CC2CCOCC2)C2CC(Nc3cnccn3)NN2C1=O. The van der Waals surface area contributed by atoms with E-state index < -0.39 is 18.0 Å². The lowest BCUT2D eigenvalue weighted by atomic mass is 9.98. The van der Waals surface area contributed by atoms with Gasteiger partial charge in [0.1, 0.15) is 12.0 Å². The Morgan fingerprint density at radius 2 is 2.06 bits per heavy atom. The number of ether oxygens (including phenoxy) is 1. The Labute approximate surface area is 179 Å². The van der Waals surface area contributed by atoms with Crippen molar-refractivity contribution in [3.63, 3.8) is 0 Å². The van der Waals surface area contributed by atoms with E-state index in [9.17, 15) is 14.7 Å². The van der Waals surface area contributed by atoms with Crippen molar-refractivity contribution in [1.82, 2.24) is 30.6 Å². The molecule has 0 radical (unpaired) electrons. The van der Waals surface area contributed by atoms with Gasteiger partial charge >= 0.3 is 0 Å². The van der Waals surface area contributed by atoms with E-state index in [4.69, 9.17) is 4.74 Å². The summed E-state index contributed by atoms with van der Waals surface area (Å²) in [5.74, 6) is -0.393. The smallest absolute Gasteiger partial charge is 0.281 e. The highest BCUT2D eigenvalue weighted by Crippen LogP contribution is 2.32. The number of carbonyl (C=O) groups excluding carboxylic acids is 2. The first-order chi connectivity index (χ1) is 15.1. The molecule has 1 saturated carbocycles. The van der Waals surface area contributed by atoms with E-state index in [-0.39, 0.29) is 23.7 Å². The van der Waals surface area contributed by atoms with Crippen LogP contribution in [0.4, 0.5) is 5.82 Å². The first kappa shape index (κ1) is 20.0. The highest BCUT2D eigenvalue weighted by atomic mass is 16.5. The molecule has 2 saturated heterocycles. The van der Waals surface area contributed by atoms with Crippen LogP contribution in [-0.4, -0.2) is 74.9 Å². The summed E-state index contributed by atoms with van der Waals surface area (Å²) in [5.41, 5.74) is 2.94. The lowest BCUT2D eigenvalue weighted by Gasteiger charge is -2.41. The number of rotatable bonds is 6. The van der Waals surface area contributed by atoms with E-state index in [1.165, 1.54) is 5.01 Å². The third-order valence-electron chi connectivity index (χ3n) is 6.15. The maximum absolute atomic E-state index is 13.2. The summed E-state index contributed by atoms with van der Waals surface area (Å²) in [6.07, 6.45) is 8.11. The summed E-state index contributed by atoms with van der Waals surface area (Å²) in [5, 5.41) is 18.5. The number of aliphatic hydroxyl groups excluding tert-OH is 1. The monoisotopic (exact) mass is 429 g/mol. The Morgan fingerprint density at radius 3 is 2.77 bits per heavy atom. The van der Waals surface area contributed by atoms with Crippen LogP contribution in [0.2, 0.25) is 0 Å². The maximum Gasteiger partial charge on any atom is 0.281 e. The number of hydrazine groups is 1. The highest BCUT2D eigenvalue weighted by molar-refractivity contribution is 6.19. The van der Waals surface area contributed by atoms with Crippen molar-refractivity contribution >= 4 is 17.6 Å². The van der Waals surface area contributed by atoms with Crippen molar-refractivity contribution in [1.29, 1.82) is 0 Å². The maximum atomic E-state index is 13.2. The molecule has 0 bridgehead atoms. The number of nitrogens with one attached hydrogen (secondary N) is 3. The molecule has 2 amide bonds. The van der Waals surface area contributed by atoms with Crippen LogP contribution >= 0.6 is 0 Å². The van der Waals surface area contributed by atoms with Crippen LogP contribution in [0.5, 0.6) is 0 Å². The molecule has 166 valence electrons. The van der Waals surface area contributed by atoms with Crippen LogP contribution in [0.15, 0.2) is 30.0 Å². The number of aliphatic hydroxyl groups is 1. The Kier molecular flexibility index (Phi) is 5.36. The van der Waals surface area contributed by atoms with Gasteiger partial charge in [-0.2, -0.15) is 0 Å². The van der Waals surface area contributed by atoms with Gasteiger partial charge in [0.15, 0.2) is 5.57 Å². The fourth-order valence-electron chi connectivity index (χ4n) is 4.33. The van der Waals surface area contributed by atoms with Gasteiger partial charge in [0.25, 0.3) is 11.8 Å². The molecule has 2 unspecified atom stereocenters.